The Morgan fingerprint density at radius 1 is 0.611 bits per heavy atom. The van der Waals surface area contributed by atoms with Crippen LogP contribution in [0.3, 0.4) is 0 Å². The zero-order valence-corrected chi connectivity index (χ0v) is 20.6. The maximum atomic E-state index is 6.69. The highest BCUT2D eigenvalue weighted by Crippen LogP contribution is 2.41. The van der Waals surface area contributed by atoms with E-state index in [1.54, 1.807) is 0 Å². The minimum Gasteiger partial charge on any atom is -0.457 e. The first-order valence-electron chi connectivity index (χ1n) is 12.7. The normalized spacial score (nSPS) is 12.8. The fourth-order valence-corrected chi connectivity index (χ4v) is 6.88. The molecule has 1 aliphatic heterocycles. The third-order valence-electron chi connectivity index (χ3n) is 8.15. The summed E-state index contributed by atoms with van der Waals surface area (Å²) in [5.41, 5.74) is 13.6. The second kappa shape index (κ2) is 6.92. The van der Waals surface area contributed by atoms with Gasteiger partial charge in [0.2, 0.25) is 0 Å². The summed E-state index contributed by atoms with van der Waals surface area (Å²) in [6.45, 7) is 6.73. The van der Waals surface area contributed by atoms with E-state index >= 15 is 0 Å². The van der Waals surface area contributed by atoms with E-state index in [4.69, 9.17) is 4.42 Å². The first kappa shape index (κ1) is 20.0. The van der Waals surface area contributed by atoms with Crippen molar-refractivity contribution in [1.82, 2.24) is 4.48 Å². The van der Waals surface area contributed by atoms with Crippen molar-refractivity contribution in [1.29, 1.82) is 0 Å². The molecule has 0 fully saturated rings. The molecule has 2 nitrogen and oxygen atoms in total. The van der Waals surface area contributed by atoms with Gasteiger partial charge in [0.25, 0.3) is 0 Å². The van der Waals surface area contributed by atoms with Crippen LogP contribution < -0.4 is 10.9 Å². The fraction of sp³-hybridized carbons (Fsp3) is 0.0909. The summed E-state index contributed by atoms with van der Waals surface area (Å²) in [6.07, 6.45) is 0. The Hall–Kier alpha value is -4.24. The summed E-state index contributed by atoms with van der Waals surface area (Å²) in [5, 5.41) is 4.97. The number of aromatic nitrogens is 1. The Morgan fingerprint density at radius 3 is 2.17 bits per heavy atom. The summed E-state index contributed by atoms with van der Waals surface area (Å²) in [7, 11) is 0. The average molecular weight is 461 g/mol. The van der Waals surface area contributed by atoms with E-state index < -0.39 is 0 Å². The number of nitrogens with zero attached hydrogens (tertiary/aromatic N) is 1. The number of aryl methyl sites for hydroxylation is 3. The topological polar surface area (TPSA) is 18.1 Å². The van der Waals surface area contributed by atoms with Crippen LogP contribution in [0.15, 0.2) is 95.4 Å². The molecule has 3 heterocycles. The van der Waals surface area contributed by atoms with Gasteiger partial charge in [0.05, 0.1) is 0 Å². The molecule has 0 spiro atoms. The molecule has 3 heteroatoms. The van der Waals surface area contributed by atoms with Gasteiger partial charge in [0.15, 0.2) is 0 Å². The van der Waals surface area contributed by atoms with Crippen LogP contribution in [0, 0.1) is 20.8 Å². The molecule has 0 unspecified atom stereocenters. The molecule has 0 radical (unpaired) electrons. The van der Waals surface area contributed by atoms with Crippen molar-refractivity contribution >= 4 is 61.5 Å². The van der Waals surface area contributed by atoms with Crippen molar-refractivity contribution in [3.63, 3.8) is 0 Å². The minimum atomic E-state index is 0.0159. The lowest BCUT2D eigenvalue weighted by Crippen LogP contribution is -2.53. The molecular weight excluding hydrogens is 437 g/mol. The maximum absolute atomic E-state index is 6.69. The predicted molar refractivity (Wildman–Crippen MR) is 153 cm³/mol. The van der Waals surface area contributed by atoms with Crippen LogP contribution in [0.5, 0.6) is 0 Å². The second-order valence-corrected chi connectivity index (χ2v) is 10.3. The van der Waals surface area contributed by atoms with Gasteiger partial charge in [-0.1, -0.05) is 89.5 Å². The number of para-hydroxylation sites is 3. The highest BCUT2D eigenvalue weighted by Gasteiger charge is 2.38. The lowest BCUT2D eigenvalue weighted by atomic mass is 9.45. The fourth-order valence-electron chi connectivity index (χ4n) is 6.88. The van der Waals surface area contributed by atoms with E-state index in [1.165, 1.54) is 71.3 Å². The van der Waals surface area contributed by atoms with Crippen LogP contribution >= 0.6 is 0 Å². The van der Waals surface area contributed by atoms with Gasteiger partial charge in [-0.25, -0.2) is 0 Å². The van der Waals surface area contributed by atoms with E-state index in [-0.39, 0.29) is 6.85 Å². The molecule has 0 aliphatic carbocycles. The molecular formula is C33H24BNO. The summed E-state index contributed by atoms with van der Waals surface area (Å²) in [5.74, 6) is 0. The number of benzene rings is 5. The van der Waals surface area contributed by atoms with Gasteiger partial charge in [0.1, 0.15) is 11.2 Å². The number of hydrogen-bond acceptors (Lipinski definition) is 1. The second-order valence-electron chi connectivity index (χ2n) is 10.3. The van der Waals surface area contributed by atoms with Gasteiger partial charge in [0, 0.05) is 43.6 Å². The molecule has 5 aromatic carbocycles. The average Bonchev–Trinajstić information content (AvgIpc) is 3.42. The molecule has 0 saturated heterocycles. The molecule has 0 saturated carbocycles. The van der Waals surface area contributed by atoms with Crippen molar-refractivity contribution < 1.29 is 4.42 Å². The van der Waals surface area contributed by atoms with Crippen LogP contribution in [0.2, 0.25) is 0 Å². The maximum Gasteiger partial charge on any atom is 0.333 e. The van der Waals surface area contributed by atoms with Gasteiger partial charge in [-0.3, -0.25) is 0 Å². The monoisotopic (exact) mass is 461 g/mol. The van der Waals surface area contributed by atoms with Gasteiger partial charge in [-0.2, -0.15) is 0 Å². The summed E-state index contributed by atoms with van der Waals surface area (Å²) in [6, 6.07) is 33.2. The summed E-state index contributed by atoms with van der Waals surface area (Å²) < 4.78 is 9.28. The minimum absolute atomic E-state index is 0.0159. The zero-order valence-electron chi connectivity index (χ0n) is 20.6. The van der Waals surface area contributed by atoms with E-state index in [0.29, 0.717) is 0 Å². The molecule has 0 amide bonds. The van der Waals surface area contributed by atoms with Crippen molar-refractivity contribution in [2.75, 3.05) is 0 Å². The molecule has 1 aliphatic rings. The molecule has 7 aromatic rings. The van der Waals surface area contributed by atoms with Crippen molar-refractivity contribution in [2.24, 2.45) is 0 Å². The first-order chi connectivity index (χ1) is 17.6. The Labute approximate surface area is 209 Å². The highest BCUT2D eigenvalue weighted by molar-refractivity contribution is 6.89. The summed E-state index contributed by atoms with van der Waals surface area (Å²) in [4.78, 5) is 0. The molecule has 36 heavy (non-hydrogen) atoms. The van der Waals surface area contributed by atoms with Crippen LogP contribution in [0.4, 0.5) is 0 Å². The Kier molecular flexibility index (Phi) is 3.85. The lowest BCUT2D eigenvalue weighted by molar-refractivity contribution is 0.671. The van der Waals surface area contributed by atoms with Crippen LogP contribution in [-0.4, -0.2) is 11.3 Å². The Morgan fingerprint density at radius 2 is 1.33 bits per heavy atom. The van der Waals surface area contributed by atoms with Crippen molar-refractivity contribution in [3.05, 3.63) is 108 Å². The molecule has 0 atom stereocenters. The largest absolute Gasteiger partial charge is 0.457 e. The first-order valence-corrected chi connectivity index (χ1v) is 12.7. The van der Waals surface area contributed by atoms with Crippen molar-refractivity contribution in [3.8, 4) is 11.1 Å². The van der Waals surface area contributed by atoms with Crippen LogP contribution in [0.1, 0.15) is 16.7 Å². The SMILES string of the molecule is Cc1cc(C)c(B2c3c(ccc4c3oc3ccccc34)-c3cccc4c5ccccc5n2c34)c(C)c1. The number of furan rings is 1. The van der Waals surface area contributed by atoms with E-state index in [9.17, 15) is 0 Å². The van der Waals surface area contributed by atoms with Gasteiger partial charge < -0.3 is 8.90 Å². The van der Waals surface area contributed by atoms with Gasteiger partial charge in [-0.05, 0) is 50.0 Å². The zero-order chi connectivity index (χ0) is 24.1. The van der Waals surface area contributed by atoms with E-state index in [0.717, 1.165) is 11.2 Å². The molecule has 0 bridgehead atoms. The van der Waals surface area contributed by atoms with E-state index in [1.807, 2.05) is 0 Å². The third-order valence-corrected chi connectivity index (χ3v) is 8.15. The lowest BCUT2D eigenvalue weighted by Gasteiger charge is -2.29. The standard InChI is InChI=1S/C33H24BNO/c1-19-17-20(2)30(21(3)18-19)34-31-24(15-16-27-23-10-5-7-14-29(23)36-33(27)31)26-12-8-11-25-22-9-4-6-13-28(22)35(34)32(25)26/h4-18H,1-3H3. The number of fused-ring (bicyclic) bond motifs is 9. The van der Waals surface area contributed by atoms with Crippen LogP contribution in [0.25, 0.3) is 54.9 Å². The molecule has 8 rings (SSSR count). The van der Waals surface area contributed by atoms with Gasteiger partial charge in [-0.15, -0.1) is 0 Å². The molecule has 170 valence electrons. The van der Waals surface area contributed by atoms with Crippen molar-refractivity contribution in [2.45, 2.75) is 20.8 Å². The van der Waals surface area contributed by atoms with Gasteiger partial charge >= 0.3 is 6.85 Å². The highest BCUT2D eigenvalue weighted by atomic mass is 16.3. The smallest absolute Gasteiger partial charge is 0.333 e. The van der Waals surface area contributed by atoms with Crippen LogP contribution in [-0.2, 0) is 0 Å². The summed E-state index contributed by atoms with van der Waals surface area (Å²) >= 11 is 0. The molecule has 2 aromatic heterocycles. The Bertz CT molecular complexity index is 2020. The third kappa shape index (κ3) is 2.43. The van der Waals surface area contributed by atoms with E-state index in [2.05, 4.69) is 116 Å². The number of rotatable bonds is 1. The predicted octanol–water partition coefficient (Wildman–Crippen LogP) is 7.25. The molecule has 0 N–H and O–H groups in total. The quantitative estimate of drug-likeness (QED) is 0.236. The Balaban J connectivity index is 1.64. The number of hydrogen-bond donors (Lipinski definition) is 0.